The first-order chi connectivity index (χ1) is 13.0. The van der Waals surface area contributed by atoms with E-state index < -0.39 is 0 Å². The van der Waals surface area contributed by atoms with Gasteiger partial charge in [0.2, 0.25) is 0 Å². The van der Waals surface area contributed by atoms with E-state index in [9.17, 15) is 4.79 Å². The van der Waals surface area contributed by atoms with Crippen molar-refractivity contribution in [1.29, 1.82) is 0 Å². The number of carbonyl (C=O) groups excluding carboxylic acids is 1. The van der Waals surface area contributed by atoms with Gasteiger partial charge in [-0.1, -0.05) is 6.92 Å². The molecule has 1 aromatic carbocycles. The molecule has 7 heteroatoms. The summed E-state index contributed by atoms with van der Waals surface area (Å²) in [6, 6.07) is 5.40. The van der Waals surface area contributed by atoms with Crippen LogP contribution in [0.25, 0.3) is 0 Å². The maximum absolute atomic E-state index is 13.0. The lowest BCUT2D eigenvalue weighted by Crippen LogP contribution is -2.49. The molecule has 1 aliphatic rings. The molecule has 1 aliphatic heterocycles. The van der Waals surface area contributed by atoms with Gasteiger partial charge in [-0.15, -0.1) is 0 Å². The van der Waals surface area contributed by atoms with Crippen molar-refractivity contribution in [3.63, 3.8) is 0 Å². The van der Waals surface area contributed by atoms with Crippen LogP contribution in [0.4, 0.5) is 0 Å². The molecule has 2 heterocycles. The molecule has 0 aliphatic carbocycles. The molecule has 0 radical (unpaired) electrons. The number of piperidine rings is 1. The van der Waals surface area contributed by atoms with Crippen LogP contribution in [0.3, 0.4) is 0 Å². The van der Waals surface area contributed by atoms with Gasteiger partial charge in [0.15, 0.2) is 11.5 Å². The SMILES string of the molecule is COc1cc(C(=O)N2CCC(C)CC2CN)ccc1OCc1cnn(C)c1. The fourth-order valence-electron chi connectivity index (χ4n) is 3.54. The summed E-state index contributed by atoms with van der Waals surface area (Å²) in [5.41, 5.74) is 7.46. The zero-order valence-electron chi connectivity index (χ0n) is 16.2. The van der Waals surface area contributed by atoms with Gasteiger partial charge in [-0.25, -0.2) is 0 Å². The van der Waals surface area contributed by atoms with Crippen LogP contribution in [-0.4, -0.2) is 46.8 Å². The molecule has 0 spiro atoms. The van der Waals surface area contributed by atoms with E-state index in [1.54, 1.807) is 36.2 Å². The van der Waals surface area contributed by atoms with Crippen LogP contribution in [0.5, 0.6) is 11.5 Å². The summed E-state index contributed by atoms with van der Waals surface area (Å²) < 4.78 is 13.0. The highest BCUT2D eigenvalue weighted by atomic mass is 16.5. The number of likely N-dealkylation sites (tertiary alicyclic amines) is 1. The second kappa shape index (κ2) is 8.43. The van der Waals surface area contributed by atoms with E-state index in [-0.39, 0.29) is 11.9 Å². The zero-order valence-corrected chi connectivity index (χ0v) is 16.2. The number of ether oxygens (including phenoxy) is 2. The number of aryl methyl sites for hydroxylation is 1. The minimum absolute atomic E-state index is 0.00513. The summed E-state index contributed by atoms with van der Waals surface area (Å²) in [6.07, 6.45) is 5.61. The van der Waals surface area contributed by atoms with Crippen LogP contribution in [0.15, 0.2) is 30.6 Å². The maximum Gasteiger partial charge on any atom is 0.254 e. The fraction of sp³-hybridized carbons (Fsp3) is 0.500. The molecule has 1 saturated heterocycles. The second-order valence-corrected chi connectivity index (χ2v) is 7.19. The molecule has 2 aromatic rings. The number of benzene rings is 1. The van der Waals surface area contributed by atoms with E-state index in [4.69, 9.17) is 15.2 Å². The van der Waals surface area contributed by atoms with Gasteiger partial charge in [0.25, 0.3) is 5.91 Å². The summed E-state index contributed by atoms with van der Waals surface area (Å²) in [5, 5.41) is 4.13. The van der Waals surface area contributed by atoms with Gasteiger partial charge in [-0.2, -0.15) is 5.10 Å². The predicted molar refractivity (Wildman–Crippen MR) is 103 cm³/mol. The lowest BCUT2D eigenvalue weighted by atomic mass is 9.92. The number of nitrogens with zero attached hydrogens (tertiary/aromatic N) is 3. The first kappa shape index (κ1) is 19.2. The largest absolute Gasteiger partial charge is 0.493 e. The van der Waals surface area contributed by atoms with Crippen LogP contribution in [0, 0.1) is 5.92 Å². The van der Waals surface area contributed by atoms with E-state index in [0.717, 1.165) is 24.9 Å². The highest BCUT2D eigenvalue weighted by molar-refractivity contribution is 5.95. The van der Waals surface area contributed by atoms with Gasteiger partial charge in [0.05, 0.1) is 13.3 Å². The number of amides is 1. The molecule has 0 saturated carbocycles. The Bertz CT molecular complexity index is 789. The Kier molecular flexibility index (Phi) is 6.01. The molecule has 2 atom stereocenters. The molecular weight excluding hydrogens is 344 g/mol. The Morgan fingerprint density at radius 1 is 1.37 bits per heavy atom. The summed E-state index contributed by atoms with van der Waals surface area (Å²) >= 11 is 0. The van der Waals surface area contributed by atoms with Gasteiger partial charge in [-0.05, 0) is 37.0 Å². The third-order valence-corrected chi connectivity index (χ3v) is 5.07. The Balaban J connectivity index is 1.73. The van der Waals surface area contributed by atoms with Crippen LogP contribution in [0.2, 0.25) is 0 Å². The van der Waals surface area contributed by atoms with Crippen molar-refractivity contribution in [3.8, 4) is 11.5 Å². The van der Waals surface area contributed by atoms with Crippen LogP contribution in [-0.2, 0) is 13.7 Å². The van der Waals surface area contributed by atoms with E-state index >= 15 is 0 Å². The molecule has 1 amide bonds. The molecule has 27 heavy (non-hydrogen) atoms. The van der Waals surface area contributed by atoms with Crippen molar-refractivity contribution in [2.75, 3.05) is 20.2 Å². The lowest BCUT2D eigenvalue weighted by Gasteiger charge is -2.38. The van der Waals surface area contributed by atoms with E-state index in [1.165, 1.54) is 0 Å². The normalized spacial score (nSPS) is 19.8. The standard InChI is InChI=1S/C20H28N4O3/c1-14-6-7-24(17(8-14)10-21)20(25)16-4-5-18(19(9-16)26-3)27-13-15-11-22-23(2)12-15/h4-5,9,11-12,14,17H,6-8,10,13,21H2,1-3H3. The van der Waals surface area contributed by atoms with Gasteiger partial charge in [0, 0.05) is 43.5 Å². The molecule has 1 fully saturated rings. The fourth-order valence-corrected chi connectivity index (χ4v) is 3.54. The van der Waals surface area contributed by atoms with Crippen molar-refractivity contribution >= 4 is 5.91 Å². The Morgan fingerprint density at radius 2 is 2.19 bits per heavy atom. The van der Waals surface area contributed by atoms with Crippen molar-refractivity contribution in [3.05, 3.63) is 41.7 Å². The minimum atomic E-state index is -0.00513. The average Bonchev–Trinajstić information content (AvgIpc) is 3.10. The predicted octanol–water partition coefficient (Wildman–Crippen LogP) is 2.21. The van der Waals surface area contributed by atoms with E-state index in [2.05, 4.69) is 12.0 Å². The first-order valence-electron chi connectivity index (χ1n) is 9.31. The van der Waals surface area contributed by atoms with Crippen molar-refractivity contribution in [2.24, 2.45) is 18.7 Å². The van der Waals surface area contributed by atoms with Crippen molar-refractivity contribution in [1.82, 2.24) is 14.7 Å². The lowest BCUT2D eigenvalue weighted by molar-refractivity contribution is 0.0573. The Labute approximate surface area is 160 Å². The highest BCUT2D eigenvalue weighted by Crippen LogP contribution is 2.31. The third-order valence-electron chi connectivity index (χ3n) is 5.07. The number of carbonyl (C=O) groups is 1. The Hall–Kier alpha value is -2.54. The zero-order chi connectivity index (χ0) is 19.4. The van der Waals surface area contributed by atoms with E-state index in [0.29, 0.717) is 36.1 Å². The van der Waals surface area contributed by atoms with Gasteiger partial charge < -0.3 is 20.1 Å². The topological polar surface area (TPSA) is 82.6 Å². The molecule has 2 unspecified atom stereocenters. The number of hydrogen-bond donors (Lipinski definition) is 1. The monoisotopic (exact) mass is 372 g/mol. The average molecular weight is 372 g/mol. The van der Waals surface area contributed by atoms with Gasteiger partial charge >= 0.3 is 0 Å². The van der Waals surface area contributed by atoms with Crippen molar-refractivity contribution < 1.29 is 14.3 Å². The van der Waals surface area contributed by atoms with Gasteiger partial charge in [-0.3, -0.25) is 9.48 Å². The summed E-state index contributed by atoms with van der Waals surface area (Å²) in [5.74, 6) is 1.73. The number of nitrogens with two attached hydrogens (primary N) is 1. The quantitative estimate of drug-likeness (QED) is 0.841. The molecule has 0 bridgehead atoms. The molecule has 7 nitrogen and oxygen atoms in total. The molecule has 1 aromatic heterocycles. The van der Waals surface area contributed by atoms with Crippen LogP contribution < -0.4 is 15.2 Å². The summed E-state index contributed by atoms with van der Waals surface area (Å²) in [7, 11) is 3.44. The van der Waals surface area contributed by atoms with Gasteiger partial charge in [0.1, 0.15) is 6.61 Å². The first-order valence-corrected chi connectivity index (χ1v) is 9.31. The number of methoxy groups -OCH3 is 1. The van der Waals surface area contributed by atoms with E-state index in [1.807, 2.05) is 18.1 Å². The van der Waals surface area contributed by atoms with Crippen LogP contribution >= 0.6 is 0 Å². The Morgan fingerprint density at radius 3 is 2.85 bits per heavy atom. The van der Waals surface area contributed by atoms with Crippen molar-refractivity contribution in [2.45, 2.75) is 32.4 Å². The number of hydrogen-bond acceptors (Lipinski definition) is 5. The maximum atomic E-state index is 13.0. The molecule has 2 N–H and O–H groups in total. The highest BCUT2D eigenvalue weighted by Gasteiger charge is 2.30. The summed E-state index contributed by atoms with van der Waals surface area (Å²) in [6.45, 7) is 3.82. The molecule has 3 rings (SSSR count). The summed E-state index contributed by atoms with van der Waals surface area (Å²) in [4.78, 5) is 14.9. The minimum Gasteiger partial charge on any atom is -0.493 e. The number of rotatable bonds is 6. The van der Waals surface area contributed by atoms with Crippen LogP contribution in [0.1, 0.15) is 35.7 Å². The molecular formula is C20H28N4O3. The number of aromatic nitrogens is 2. The smallest absolute Gasteiger partial charge is 0.254 e. The second-order valence-electron chi connectivity index (χ2n) is 7.19. The molecule has 146 valence electrons. The third kappa shape index (κ3) is 4.42.